The first-order valence-corrected chi connectivity index (χ1v) is 13.0. The highest BCUT2D eigenvalue weighted by atomic mass is 79.9. The summed E-state index contributed by atoms with van der Waals surface area (Å²) in [6, 6.07) is 0. The van der Waals surface area contributed by atoms with Crippen LogP contribution in [0.2, 0.25) is 25.2 Å². The van der Waals surface area contributed by atoms with E-state index in [-0.39, 0.29) is 6.10 Å². The molecule has 0 bridgehead atoms. The second-order valence-corrected chi connectivity index (χ2v) is 13.2. The van der Waals surface area contributed by atoms with Crippen molar-refractivity contribution in [3.63, 3.8) is 0 Å². The second-order valence-electron chi connectivity index (χ2n) is 7.00. The lowest BCUT2D eigenvalue weighted by molar-refractivity contribution is 0.161. The maximum absolute atomic E-state index is 10.3. The molecule has 0 aromatic heterocycles. The monoisotopic (exact) mass is 362 g/mol. The van der Waals surface area contributed by atoms with Crippen LogP contribution in [0.4, 0.5) is 0 Å². The van der Waals surface area contributed by atoms with Gasteiger partial charge < -0.3 is 5.11 Å². The Labute approximate surface area is 136 Å². The summed E-state index contributed by atoms with van der Waals surface area (Å²) in [4.78, 5) is 0. The fourth-order valence-corrected chi connectivity index (χ4v) is 5.20. The van der Waals surface area contributed by atoms with Crippen molar-refractivity contribution in [3.8, 4) is 0 Å². The van der Waals surface area contributed by atoms with Gasteiger partial charge in [-0.25, -0.2) is 0 Å². The van der Waals surface area contributed by atoms with Gasteiger partial charge in [0.15, 0.2) is 0 Å². The van der Waals surface area contributed by atoms with Gasteiger partial charge in [0.25, 0.3) is 0 Å². The van der Waals surface area contributed by atoms with Crippen molar-refractivity contribution >= 4 is 24.0 Å². The van der Waals surface area contributed by atoms with Gasteiger partial charge in [0.2, 0.25) is 0 Å². The van der Waals surface area contributed by atoms with Crippen LogP contribution < -0.4 is 0 Å². The van der Waals surface area contributed by atoms with Crippen molar-refractivity contribution in [2.24, 2.45) is 0 Å². The van der Waals surface area contributed by atoms with Gasteiger partial charge in [0.1, 0.15) is 0 Å². The minimum Gasteiger partial charge on any atom is -0.393 e. The van der Waals surface area contributed by atoms with Crippen LogP contribution in [0.25, 0.3) is 0 Å². The average Bonchev–Trinajstić information content (AvgIpc) is 2.36. The molecule has 20 heavy (non-hydrogen) atoms. The number of alkyl halides is 1. The zero-order chi connectivity index (χ0) is 15.4. The van der Waals surface area contributed by atoms with Crippen LogP contribution in [0.15, 0.2) is 12.7 Å². The molecule has 3 heteroatoms. The molecule has 2 atom stereocenters. The predicted molar refractivity (Wildman–Crippen MR) is 98.6 cm³/mol. The highest BCUT2D eigenvalue weighted by molar-refractivity contribution is 9.09. The number of halogens is 1. The molecule has 0 rings (SSSR count). The standard InChI is InChI=1S/C17H35BrOSi/c1-5-17(20(2,3)4)16(19)14-12-10-8-6-7-9-11-13-15-18/h5,16-17,19H,1,6-15H2,2-4H3/t16-,17+/m1/s1. The molecule has 0 amide bonds. The summed E-state index contributed by atoms with van der Waals surface area (Å²) in [6.07, 6.45) is 13.3. The van der Waals surface area contributed by atoms with E-state index in [4.69, 9.17) is 0 Å². The molecule has 0 aliphatic carbocycles. The van der Waals surface area contributed by atoms with Gasteiger partial charge in [-0.2, -0.15) is 0 Å². The van der Waals surface area contributed by atoms with Crippen LogP contribution in [0.1, 0.15) is 57.8 Å². The molecule has 0 spiro atoms. The number of hydrogen-bond acceptors (Lipinski definition) is 1. The maximum atomic E-state index is 10.3. The maximum Gasteiger partial charge on any atom is 0.0578 e. The number of hydrogen-bond donors (Lipinski definition) is 1. The summed E-state index contributed by atoms with van der Waals surface area (Å²) in [5, 5.41) is 11.4. The Morgan fingerprint density at radius 1 is 0.950 bits per heavy atom. The Balaban J connectivity index is 3.57. The topological polar surface area (TPSA) is 20.2 Å². The molecule has 0 radical (unpaired) electrons. The minimum atomic E-state index is -1.32. The SMILES string of the molecule is C=C[C@@H]([C@H](O)CCCCCCCCCCBr)[Si](C)(C)C. The molecular weight excluding hydrogens is 328 g/mol. The smallest absolute Gasteiger partial charge is 0.0578 e. The molecule has 1 nitrogen and oxygen atoms in total. The molecule has 0 aliphatic heterocycles. The Hall–Kier alpha value is 0.397. The van der Waals surface area contributed by atoms with Crippen molar-refractivity contribution in [1.82, 2.24) is 0 Å². The van der Waals surface area contributed by atoms with Gasteiger partial charge in [-0.15, -0.1) is 6.58 Å². The lowest BCUT2D eigenvalue weighted by Gasteiger charge is -2.30. The number of aliphatic hydroxyl groups excluding tert-OH is 1. The third-order valence-electron chi connectivity index (χ3n) is 4.05. The molecule has 1 N–H and O–H groups in total. The fourth-order valence-electron chi connectivity index (χ4n) is 2.78. The molecule has 0 saturated carbocycles. The summed E-state index contributed by atoms with van der Waals surface area (Å²) in [5.41, 5.74) is 0.340. The van der Waals surface area contributed by atoms with Crippen LogP contribution in [0.3, 0.4) is 0 Å². The predicted octanol–water partition coefficient (Wildman–Crippen LogP) is 6.15. The Bertz CT molecular complexity index is 238. The third-order valence-corrected chi connectivity index (χ3v) is 7.23. The molecular formula is C17H35BrOSi. The van der Waals surface area contributed by atoms with E-state index < -0.39 is 8.07 Å². The molecule has 0 aliphatic rings. The summed E-state index contributed by atoms with van der Waals surface area (Å²) in [6.45, 7) is 10.9. The Morgan fingerprint density at radius 3 is 1.80 bits per heavy atom. The van der Waals surface area contributed by atoms with Crippen molar-refractivity contribution in [1.29, 1.82) is 0 Å². The second kappa shape index (κ2) is 12.0. The number of rotatable bonds is 13. The van der Waals surface area contributed by atoms with E-state index in [1.807, 2.05) is 6.08 Å². The van der Waals surface area contributed by atoms with Gasteiger partial charge in [0.05, 0.1) is 14.2 Å². The number of aliphatic hydroxyl groups is 1. The summed E-state index contributed by atoms with van der Waals surface area (Å²) < 4.78 is 0. The van der Waals surface area contributed by atoms with Gasteiger partial charge in [0, 0.05) is 5.33 Å². The fraction of sp³-hybridized carbons (Fsp3) is 0.882. The van der Waals surface area contributed by atoms with E-state index in [1.54, 1.807) is 0 Å². The van der Waals surface area contributed by atoms with Crippen molar-refractivity contribution in [3.05, 3.63) is 12.7 Å². The van der Waals surface area contributed by atoms with Crippen molar-refractivity contribution in [2.75, 3.05) is 5.33 Å². The zero-order valence-electron chi connectivity index (χ0n) is 13.8. The van der Waals surface area contributed by atoms with Gasteiger partial charge in [-0.3, -0.25) is 0 Å². The van der Waals surface area contributed by atoms with Crippen LogP contribution in [0, 0.1) is 0 Å². The van der Waals surface area contributed by atoms with Crippen LogP contribution in [0.5, 0.6) is 0 Å². The summed E-state index contributed by atoms with van der Waals surface area (Å²) in [5.74, 6) is 0. The van der Waals surface area contributed by atoms with Crippen molar-refractivity contribution in [2.45, 2.75) is 89.1 Å². The van der Waals surface area contributed by atoms with E-state index in [9.17, 15) is 5.11 Å². The number of unbranched alkanes of at least 4 members (excludes halogenated alkanes) is 7. The highest BCUT2D eigenvalue weighted by Crippen LogP contribution is 2.29. The van der Waals surface area contributed by atoms with Crippen molar-refractivity contribution < 1.29 is 5.11 Å². The van der Waals surface area contributed by atoms with E-state index in [2.05, 4.69) is 42.1 Å². The first kappa shape index (κ1) is 20.4. The first-order chi connectivity index (χ1) is 9.43. The van der Waals surface area contributed by atoms with Gasteiger partial charge in [-0.05, 0) is 18.4 Å². The molecule has 0 aromatic rings. The lowest BCUT2D eigenvalue weighted by atomic mass is 10.0. The van der Waals surface area contributed by atoms with E-state index >= 15 is 0 Å². The molecule has 0 heterocycles. The molecule has 0 aromatic carbocycles. The quantitative estimate of drug-likeness (QED) is 0.180. The van der Waals surface area contributed by atoms with Gasteiger partial charge in [-0.1, -0.05) is 86.6 Å². The zero-order valence-corrected chi connectivity index (χ0v) is 16.4. The van der Waals surface area contributed by atoms with E-state index in [0.29, 0.717) is 5.54 Å². The summed E-state index contributed by atoms with van der Waals surface area (Å²) >= 11 is 3.47. The average molecular weight is 363 g/mol. The molecule has 0 fully saturated rings. The van der Waals surface area contributed by atoms with Crippen LogP contribution >= 0.6 is 15.9 Å². The molecule has 120 valence electrons. The van der Waals surface area contributed by atoms with Crippen LogP contribution in [-0.2, 0) is 0 Å². The normalized spacial score (nSPS) is 15.1. The third kappa shape index (κ3) is 10.2. The van der Waals surface area contributed by atoms with E-state index in [1.165, 1.54) is 44.9 Å². The first-order valence-electron chi connectivity index (χ1n) is 8.30. The molecule has 0 saturated heterocycles. The van der Waals surface area contributed by atoms with E-state index in [0.717, 1.165) is 18.2 Å². The van der Waals surface area contributed by atoms with Crippen LogP contribution in [-0.4, -0.2) is 24.6 Å². The highest BCUT2D eigenvalue weighted by Gasteiger charge is 2.29. The minimum absolute atomic E-state index is 0.168. The summed E-state index contributed by atoms with van der Waals surface area (Å²) in [7, 11) is -1.32. The lowest BCUT2D eigenvalue weighted by Crippen LogP contribution is -2.35. The Kier molecular flexibility index (Phi) is 12.2. The molecule has 0 unspecified atom stereocenters. The van der Waals surface area contributed by atoms with Gasteiger partial charge >= 0.3 is 0 Å². The largest absolute Gasteiger partial charge is 0.393 e. The Morgan fingerprint density at radius 2 is 1.40 bits per heavy atom.